The standard InChI is InChI=1S/C29H35FN6O6S/c1-18-23-24(37)35(29(2,3)27(38)33-12-6-7-13-33)28(39)34(26(23)43-25(18)36-31-10-11-32-36)17-22(42-15-14-40-4)20-16-19(30)8-9-21(20)41-5/h8-11,16,22H,6-7,12-15,17H2,1-5H3/t22-/m0/s1. The van der Waals surface area contributed by atoms with Crippen LogP contribution in [0, 0.1) is 12.7 Å². The minimum absolute atomic E-state index is 0.112. The number of halogens is 1. The minimum Gasteiger partial charge on any atom is -0.496 e. The number of likely N-dealkylation sites (tertiary alicyclic amines) is 1. The zero-order valence-corrected chi connectivity index (χ0v) is 25.6. The largest absolute Gasteiger partial charge is 0.496 e. The number of benzene rings is 1. The summed E-state index contributed by atoms with van der Waals surface area (Å²) < 4.78 is 33.8. The van der Waals surface area contributed by atoms with Gasteiger partial charge in [-0.3, -0.25) is 14.2 Å². The van der Waals surface area contributed by atoms with Crippen LogP contribution in [-0.4, -0.2) is 75.5 Å². The predicted octanol–water partition coefficient (Wildman–Crippen LogP) is 3.02. The van der Waals surface area contributed by atoms with Gasteiger partial charge in [0.05, 0.1) is 44.6 Å². The van der Waals surface area contributed by atoms with Crippen LogP contribution in [0.4, 0.5) is 4.39 Å². The Morgan fingerprint density at radius 2 is 1.81 bits per heavy atom. The van der Waals surface area contributed by atoms with E-state index < -0.39 is 28.7 Å². The normalized spacial score (nSPS) is 14.5. The molecule has 3 aromatic heterocycles. The van der Waals surface area contributed by atoms with Crippen LogP contribution in [0.1, 0.15) is 43.9 Å². The molecule has 1 fully saturated rings. The van der Waals surface area contributed by atoms with Crippen LogP contribution in [0.5, 0.6) is 5.75 Å². The van der Waals surface area contributed by atoms with E-state index in [-0.39, 0.29) is 31.1 Å². The van der Waals surface area contributed by atoms with Crippen LogP contribution >= 0.6 is 11.3 Å². The lowest BCUT2D eigenvalue weighted by molar-refractivity contribution is -0.138. The first-order chi connectivity index (χ1) is 20.6. The number of hydrogen-bond acceptors (Lipinski definition) is 9. The summed E-state index contributed by atoms with van der Waals surface area (Å²) in [5.41, 5.74) is -1.82. The number of nitrogens with zero attached hydrogens (tertiary/aromatic N) is 6. The lowest BCUT2D eigenvalue weighted by atomic mass is 10.0. The molecule has 1 amide bonds. The highest BCUT2D eigenvalue weighted by Crippen LogP contribution is 2.34. The van der Waals surface area contributed by atoms with E-state index >= 15 is 0 Å². The van der Waals surface area contributed by atoms with Gasteiger partial charge in [0.25, 0.3) is 5.56 Å². The van der Waals surface area contributed by atoms with E-state index in [2.05, 4.69) is 10.2 Å². The number of aryl methyl sites for hydroxylation is 1. The lowest BCUT2D eigenvalue weighted by Gasteiger charge is -2.31. The summed E-state index contributed by atoms with van der Waals surface area (Å²) in [6, 6.07) is 4.07. The third-order valence-electron chi connectivity index (χ3n) is 7.76. The van der Waals surface area contributed by atoms with Crippen LogP contribution in [0.2, 0.25) is 0 Å². The van der Waals surface area contributed by atoms with E-state index in [9.17, 15) is 18.8 Å². The smallest absolute Gasteiger partial charge is 0.333 e. The van der Waals surface area contributed by atoms with Crippen molar-refractivity contribution in [1.29, 1.82) is 0 Å². The molecule has 1 atom stereocenters. The molecule has 0 spiro atoms. The maximum absolute atomic E-state index is 14.5. The number of carbonyl (C=O) groups is 1. The van der Waals surface area contributed by atoms with Gasteiger partial charge in [-0.2, -0.15) is 10.2 Å². The van der Waals surface area contributed by atoms with Crippen molar-refractivity contribution in [2.75, 3.05) is 40.5 Å². The van der Waals surface area contributed by atoms with E-state index in [0.29, 0.717) is 39.8 Å². The highest BCUT2D eigenvalue weighted by atomic mass is 32.1. The van der Waals surface area contributed by atoms with Crippen molar-refractivity contribution >= 4 is 27.5 Å². The average molecular weight is 615 g/mol. The molecule has 0 unspecified atom stereocenters. The van der Waals surface area contributed by atoms with Crippen LogP contribution in [0.25, 0.3) is 15.2 Å². The number of carbonyl (C=O) groups excluding carboxylic acids is 1. The summed E-state index contributed by atoms with van der Waals surface area (Å²) in [6.07, 6.45) is 3.88. The number of hydrogen-bond donors (Lipinski definition) is 0. The highest BCUT2D eigenvalue weighted by molar-refractivity contribution is 7.21. The van der Waals surface area contributed by atoms with Gasteiger partial charge in [0.2, 0.25) is 5.91 Å². The molecule has 1 saturated heterocycles. The van der Waals surface area contributed by atoms with Gasteiger partial charge in [-0.05, 0) is 51.8 Å². The molecule has 1 aliphatic rings. The molecule has 12 nitrogen and oxygen atoms in total. The SMILES string of the molecule is COCCO[C@@H](Cn1c(=O)n(C(C)(C)C(=O)N2CCCC2)c(=O)c2c(C)c(-n3nccn3)sc21)c1cc(F)ccc1OC. The Morgan fingerprint density at radius 3 is 2.47 bits per heavy atom. The second kappa shape index (κ2) is 12.4. The number of amides is 1. The number of ether oxygens (including phenoxy) is 3. The summed E-state index contributed by atoms with van der Waals surface area (Å²) in [7, 11) is 3.00. The van der Waals surface area contributed by atoms with Gasteiger partial charge >= 0.3 is 5.69 Å². The van der Waals surface area contributed by atoms with Gasteiger partial charge in [0.1, 0.15) is 33.0 Å². The maximum Gasteiger partial charge on any atom is 0.333 e. The molecule has 0 aliphatic carbocycles. The van der Waals surface area contributed by atoms with Crippen molar-refractivity contribution in [3.63, 3.8) is 0 Å². The summed E-state index contributed by atoms with van der Waals surface area (Å²) in [5.74, 6) is -0.443. The third kappa shape index (κ3) is 5.61. The first-order valence-electron chi connectivity index (χ1n) is 14.0. The number of rotatable bonds is 11. The Hall–Kier alpha value is -3.88. The van der Waals surface area contributed by atoms with Crippen molar-refractivity contribution < 1.29 is 23.4 Å². The lowest BCUT2D eigenvalue weighted by Crippen LogP contribution is -2.56. The maximum atomic E-state index is 14.5. The molecule has 4 aromatic rings. The van der Waals surface area contributed by atoms with Gasteiger partial charge in [0, 0.05) is 31.3 Å². The molecule has 230 valence electrons. The van der Waals surface area contributed by atoms with Crippen molar-refractivity contribution in [3.8, 4) is 10.8 Å². The molecular formula is C29H35FN6O6S. The summed E-state index contributed by atoms with van der Waals surface area (Å²) in [6.45, 7) is 6.35. The van der Waals surface area contributed by atoms with Crippen LogP contribution in [0.3, 0.4) is 0 Å². The molecule has 5 rings (SSSR count). The topological polar surface area (TPSA) is 123 Å². The third-order valence-corrected chi connectivity index (χ3v) is 9.04. The Kier molecular flexibility index (Phi) is 8.81. The Morgan fingerprint density at radius 1 is 1.12 bits per heavy atom. The molecule has 43 heavy (non-hydrogen) atoms. The first kappa shape index (κ1) is 30.6. The Balaban J connectivity index is 1.76. The summed E-state index contributed by atoms with van der Waals surface area (Å²) in [5, 5.41) is 9.27. The van der Waals surface area contributed by atoms with Gasteiger partial charge in [-0.1, -0.05) is 11.3 Å². The number of aromatic nitrogens is 5. The molecule has 0 N–H and O–H groups in total. The van der Waals surface area contributed by atoms with Gasteiger partial charge < -0.3 is 19.1 Å². The van der Waals surface area contributed by atoms with Gasteiger partial charge in [-0.25, -0.2) is 13.8 Å². The fourth-order valence-electron chi connectivity index (χ4n) is 5.54. The monoisotopic (exact) mass is 614 g/mol. The second-order valence-corrected chi connectivity index (χ2v) is 11.8. The molecule has 0 saturated carbocycles. The van der Waals surface area contributed by atoms with Crippen LogP contribution < -0.4 is 16.0 Å². The molecule has 0 bridgehead atoms. The zero-order chi connectivity index (χ0) is 30.9. The van der Waals surface area contributed by atoms with Crippen molar-refractivity contribution in [1.82, 2.24) is 29.0 Å². The van der Waals surface area contributed by atoms with Gasteiger partial charge in [0.15, 0.2) is 0 Å². The molecule has 1 aromatic carbocycles. The van der Waals surface area contributed by atoms with E-state index in [4.69, 9.17) is 14.2 Å². The second-order valence-electron chi connectivity index (χ2n) is 10.9. The molecule has 1 aliphatic heterocycles. The fourth-order valence-corrected chi connectivity index (χ4v) is 6.76. The quantitative estimate of drug-likeness (QED) is 0.236. The highest BCUT2D eigenvalue weighted by Gasteiger charge is 2.39. The van der Waals surface area contributed by atoms with Crippen molar-refractivity contribution in [3.05, 3.63) is 68.4 Å². The number of methoxy groups -OCH3 is 2. The van der Waals surface area contributed by atoms with Crippen molar-refractivity contribution in [2.24, 2.45) is 0 Å². The Bertz CT molecular complexity index is 1740. The zero-order valence-electron chi connectivity index (χ0n) is 24.8. The van der Waals surface area contributed by atoms with Gasteiger partial charge in [-0.15, -0.1) is 4.80 Å². The number of thiophene rings is 1. The van der Waals surface area contributed by atoms with Crippen LogP contribution in [0.15, 0.2) is 40.2 Å². The summed E-state index contributed by atoms with van der Waals surface area (Å²) >= 11 is 1.17. The van der Waals surface area contributed by atoms with E-state index in [1.165, 1.54) is 65.5 Å². The summed E-state index contributed by atoms with van der Waals surface area (Å²) in [4.78, 5) is 45.8. The van der Waals surface area contributed by atoms with Crippen LogP contribution in [-0.2, 0) is 26.4 Å². The molecule has 14 heteroatoms. The minimum atomic E-state index is -1.49. The van der Waals surface area contributed by atoms with Crippen molar-refractivity contribution in [2.45, 2.75) is 51.8 Å². The fraction of sp³-hybridized carbons (Fsp3) is 0.483. The van der Waals surface area contributed by atoms with E-state index in [1.54, 1.807) is 25.7 Å². The average Bonchev–Trinajstić information content (AvgIpc) is 3.76. The Labute approximate surface area is 251 Å². The predicted molar refractivity (Wildman–Crippen MR) is 159 cm³/mol. The molecular weight excluding hydrogens is 579 g/mol. The first-order valence-corrected chi connectivity index (χ1v) is 14.8. The van der Waals surface area contributed by atoms with E-state index in [0.717, 1.165) is 17.4 Å². The number of fused-ring (bicyclic) bond motifs is 1. The van der Waals surface area contributed by atoms with E-state index in [1.807, 2.05) is 0 Å². The molecule has 4 heterocycles. The molecule has 0 radical (unpaired) electrons.